The van der Waals surface area contributed by atoms with E-state index in [-0.39, 0.29) is 0 Å². The summed E-state index contributed by atoms with van der Waals surface area (Å²) < 4.78 is 0. The third kappa shape index (κ3) is 3.59. The van der Waals surface area contributed by atoms with Gasteiger partial charge in [0, 0.05) is 0 Å². The van der Waals surface area contributed by atoms with Crippen molar-refractivity contribution < 1.29 is 0 Å². The SMILES string of the molecule is C=CCc1cccbc1C(=C)N(CC=C)CC=C. The molecule has 0 N–H and O–H groups in total. The van der Waals surface area contributed by atoms with Crippen LogP contribution in [0.1, 0.15) is 11.0 Å². The molecule has 0 spiro atoms. The maximum absolute atomic E-state index is 4.20. The number of nitrogens with zero attached hydrogens (tertiary/aromatic N) is 1. The van der Waals surface area contributed by atoms with E-state index in [4.69, 9.17) is 0 Å². The second-order valence-corrected chi connectivity index (χ2v) is 4.08. The zero-order valence-corrected chi connectivity index (χ0v) is 10.9. The molecule has 92 valence electrons. The van der Waals surface area contributed by atoms with Gasteiger partial charge in [-0.3, -0.25) is 0 Å². The summed E-state index contributed by atoms with van der Waals surface area (Å²) in [5, 5.41) is 0. The van der Waals surface area contributed by atoms with E-state index in [2.05, 4.69) is 44.2 Å². The topological polar surface area (TPSA) is 3.24 Å². The van der Waals surface area contributed by atoms with Crippen molar-refractivity contribution >= 4 is 12.6 Å². The van der Waals surface area contributed by atoms with Gasteiger partial charge in [0.1, 0.15) is 0 Å². The Labute approximate surface area is 111 Å². The Morgan fingerprint density at radius 1 is 1.17 bits per heavy atom. The van der Waals surface area contributed by atoms with Gasteiger partial charge < -0.3 is 0 Å². The molecule has 0 aromatic carbocycles. The summed E-state index contributed by atoms with van der Waals surface area (Å²) in [4.78, 5) is 2.15. The first-order valence-electron chi connectivity index (χ1n) is 6.09. The van der Waals surface area contributed by atoms with Crippen LogP contribution < -0.4 is 0 Å². The molecule has 0 bridgehead atoms. The molecule has 2 heteroatoms. The fourth-order valence-corrected chi connectivity index (χ4v) is 1.91. The van der Waals surface area contributed by atoms with E-state index in [0.29, 0.717) is 0 Å². The average Bonchev–Trinajstić information content (AvgIpc) is 2.39. The molecule has 0 amide bonds. The molecule has 0 saturated heterocycles. The predicted octanol–water partition coefficient (Wildman–Crippen LogP) is 3.40. The van der Waals surface area contributed by atoms with Crippen molar-refractivity contribution in [2.24, 2.45) is 0 Å². The van der Waals surface area contributed by atoms with E-state index < -0.39 is 0 Å². The van der Waals surface area contributed by atoms with Crippen LogP contribution in [0, 0.1) is 0 Å². The Morgan fingerprint density at radius 3 is 2.39 bits per heavy atom. The Morgan fingerprint density at radius 2 is 1.83 bits per heavy atom. The molecule has 0 aliphatic heterocycles. The summed E-state index contributed by atoms with van der Waals surface area (Å²) in [6, 6.07) is 4.16. The van der Waals surface area contributed by atoms with Gasteiger partial charge >= 0.3 is 111 Å². The standard InChI is InChI=1S/C16H20BN/c1-5-9-15-10-8-11-17-16(15)14(4)18(12-6-2)13-7-3/h5-8,10-11H,1-4,9,12-13H2. The van der Waals surface area contributed by atoms with Gasteiger partial charge in [0.25, 0.3) is 0 Å². The van der Waals surface area contributed by atoms with Crippen LogP contribution in [0.2, 0.25) is 0 Å². The second-order valence-electron chi connectivity index (χ2n) is 4.08. The second kappa shape index (κ2) is 7.49. The molecule has 1 rings (SSSR count). The number of rotatable bonds is 8. The minimum atomic E-state index is 0.771. The first-order chi connectivity index (χ1) is 8.74. The monoisotopic (exact) mass is 237 g/mol. The van der Waals surface area contributed by atoms with Crippen molar-refractivity contribution in [2.45, 2.75) is 6.42 Å². The fraction of sp³-hybridized carbons (Fsp3) is 0.188. The summed E-state index contributed by atoms with van der Waals surface area (Å²) in [7, 11) is 0. The molecule has 1 nitrogen and oxygen atoms in total. The molecule has 0 unspecified atom stereocenters. The molecule has 0 saturated carbocycles. The van der Waals surface area contributed by atoms with Gasteiger partial charge in [-0.25, -0.2) is 0 Å². The Bertz CT molecular complexity index is 438. The van der Waals surface area contributed by atoms with E-state index in [1.807, 2.05) is 30.3 Å². The van der Waals surface area contributed by atoms with Gasteiger partial charge in [-0.05, 0) is 0 Å². The molecule has 1 heterocycles. The van der Waals surface area contributed by atoms with Crippen molar-refractivity contribution in [1.29, 1.82) is 0 Å². The van der Waals surface area contributed by atoms with Crippen LogP contribution in [0.5, 0.6) is 0 Å². The van der Waals surface area contributed by atoms with Gasteiger partial charge in [0.15, 0.2) is 0 Å². The number of allylic oxidation sites excluding steroid dienone is 1. The summed E-state index contributed by atoms with van der Waals surface area (Å²) in [5.74, 6) is 2.03. The molecule has 0 aliphatic rings. The molecule has 1 aromatic rings. The van der Waals surface area contributed by atoms with Gasteiger partial charge in [0.2, 0.25) is 0 Å². The Kier molecular flexibility index (Phi) is 5.92. The quantitative estimate of drug-likeness (QED) is 0.626. The first-order valence-corrected chi connectivity index (χ1v) is 6.09. The van der Waals surface area contributed by atoms with Crippen LogP contribution in [-0.4, -0.2) is 24.9 Å². The van der Waals surface area contributed by atoms with E-state index in [9.17, 15) is 0 Å². The van der Waals surface area contributed by atoms with E-state index in [1.165, 1.54) is 11.0 Å². The van der Waals surface area contributed by atoms with E-state index in [1.54, 1.807) is 0 Å². The van der Waals surface area contributed by atoms with E-state index in [0.717, 1.165) is 25.2 Å². The van der Waals surface area contributed by atoms with Crippen molar-refractivity contribution in [3.8, 4) is 0 Å². The van der Waals surface area contributed by atoms with Gasteiger partial charge in [-0.15, -0.1) is 0 Å². The molecule has 0 fully saturated rings. The van der Waals surface area contributed by atoms with Crippen molar-refractivity contribution in [3.63, 3.8) is 0 Å². The molecule has 0 radical (unpaired) electrons. The predicted molar refractivity (Wildman–Crippen MR) is 82.7 cm³/mol. The third-order valence-corrected chi connectivity index (χ3v) is 2.77. The van der Waals surface area contributed by atoms with Crippen molar-refractivity contribution in [2.75, 3.05) is 13.1 Å². The minimum absolute atomic E-state index is 0.771. The molecule has 0 atom stereocenters. The number of hydrogen-bond donors (Lipinski definition) is 0. The molecular formula is C16H20BN. The van der Waals surface area contributed by atoms with Crippen LogP contribution in [0.3, 0.4) is 0 Å². The zero-order valence-electron chi connectivity index (χ0n) is 10.9. The normalized spacial score (nSPS) is 9.33. The van der Waals surface area contributed by atoms with E-state index >= 15 is 0 Å². The van der Waals surface area contributed by atoms with Crippen molar-refractivity contribution in [3.05, 3.63) is 73.7 Å². The summed E-state index contributed by atoms with van der Waals surface area (Å²) in [6.45, 7) is 19.2. The Hall–Kier alpha value is -1.83. The van der Waals surface area contributed by atoms with Gasteiger partial charge in [-0.2, -0.15) is 0 Å². The van der Waals surface area contributed by atoms with Gasteiger partial charge in [-0.1, -0.05) is 0 Å². The first kappa shape index (κ1) is 14.2. The number of hydrogen-bond acceptors (Lipinski definition) is 1. The molecule has 18 heavy (non-hydrogen) atoms. The summed E-state index contributed by atoms with van der Waals surface area (Å²) in [5.41, 5.74) is 3.42. The van der Waals surface area contributed by atoms with Crippen LogP contribution in [0.25, 0.3) is 5.70 Å². The van der Waals surface area contributed by atoms with Crippen LogP contribution >= 0.6 is 0 Å². The molecule has 1 aromatic heterocycles. The average molecular weight is 237 g/mol. The van der Waals surface area contributed by atoms with Crippen LogP contribution in [0.15, 0.2) is 62.6 Å². The maximum atomic E-state index is 4.20. The fourth-order valence-electron chi connectivity index (χ4n) is 1.91. The molecular weight excluding hydrogens is 217 g/mol. The van der Waals surface area contributed by atoms with Gasteiger partial charge in [0.05, 0.1) is 0 Å². The third-order valence-electron chi connectivity index (χ3n) is 2.77. The summed E-state index contributed by atoms with van der Waals surface area (Å²) >= 11 is 0. The Balaban J connectivity index is 3.02. The summed E-state index contributed by atoms with van der Waals surface area (Å²) in [6.07, 6.45) is 6.53. The van der Waals surface area contributed by atoms with Crippen LogP contribution in [0.4, 0.5) is 0 Å². The van der Waals surface area contributed by atoms with Crippen molar-refractivity contribution in [1.82, 2.24) is 4.90 Å². The van der Waals surface area contributed by atoms with Crippen LogP contribution in [-0.2, 0) is 6.42 Å². The molecule has 0 aliphatic carbocycles. The zero-order chi connectivity index (χ0) is 13.4.